The SMILES string of the molecule is Cc1ccc(NS(=O)(=O)c2cccc(C(=O)N3CCCC[C@H]3C)c2)cc1. The molecular formula is C20H24N2O3S. The van der Waals surface area contributed by atoms with Gasteiger partial charge < -0.3 is 4.90 Å². The summed E-state index contributed by atoms with van der Waals surface area (Å²) in [6, 6.07) is 13.6. The number of carbonyl (C=O) groups is 1. The lowest BCUT2D eigenvalue weighted by molar-refractivity contribution is 0.0635. The Balaban J connectivity index is 1.83. The number of anilines is 1. The van der Waals surface area contributed by atoms with Crippen LogP contribution in [0.1, 0.15) is 42.1 Å². The highest BCUT2D eigenvalue weighted by Gasteiger charge is 2.25. The molecule has 2 aromatic rings. The first-order valence-corrected chi connectivity index (χ1v) is 10.4. The molecule has 0 aromatic heterocycles. The van der Waals surface area contributed by atoms with Crippen molar-refractivity contribution in [3.63, 3.8) is 0 Å². The van der Waals surface area contributed by atoms with E-state index < -0.39 is 10.0 Å². The summed E-state index contributed by atoms with van der Waals surface area (Å²) in [6.07, 6.45) is 3.10. The maximum atomic E-state index is 12.8. The van der Waals surface area contributed by atoms with Gasteiger partial charge in [0.15, 0.2) is 0 Å². The number of sulfonamides is 1. The van der Waals surface area contributed by atoms with Crippen LogP contribution in [0.3, 0.4) is 0 Å². The molecule has 0 aliphatic carbocycles. The zero-order chi connectivity index (χ0) is 18.7. The molecule has 2 aromatic carbocycles. The van der Waals surface area contributed by atoms with Gasteiger partial charge in [0.2, 0.25) is 0 Å². The minimum atomic E-state index is -3.75. The number of rotatable bonds is 4. The number of hydrogen-bond donors (Lipinski definition) is 1. The van der Waals surface area contributed by atoms with Gasteiger partial charge in [-0.1, -0.05) is 23.8 Å². The number of likely N-dealkylation sites (tertiary alicyclic amines) is 1. The lowest BCUT2D eigenvalue weighted by atomic mass is 10.0. The van der Waals surface area contributed by atoms with Crippen molar-refractivity contribution in [2.24, 2.45) is 0 Å². The number of aryl methyl sites for hydroxylation is 1. The van der Waals surface area contributed by atoms with Crippen molar-refractivity contribution in [3.8, 4) is 0 Å². The molecule has 3 rings (SSSR count). The average Bonchev–Trinajstić information content (AvgIpc) is 2.63. The smallest absolute Gasteiger partial charge is 0.261 e. The second-order valence-corrected chi connectivity index (χ2v) is 8.53. The number of carbonyl (C=O) groups excluding carboxylic acids is 1. The second kappa shape index (κ2) is 7.50. The first-order valence-electron chi connectivity index (χ1n) is 8.87. The van der Waals surface area contributed by atoms with E-state index in [-0.39, 0.29) is 16.8 Å². The molecule has 6 heteroatoms. The zero-order valence-corrected chi connectivity index (χ0v) is 15.9. The molecule has 0 spiro atoms. The number of hydrogen-bond acceptors (Lipinski definition) is 3. The Kier molecular flexibility index (Phi) is 5.32. The normalized spacial score (nSPS) is 17.8. The monoisotopic (exact) mass is 372 g/mol. The summed E-state index contributed by atoms with van der Waals surface area (Å²) in [6.45, 7) is 4.70. The number of benzene rings is 2. The van der Waals surface area contributed by atoms with Gasteiger partial charge in [-0.3, -0.25) is 9.52 Å². The summed E-state index contributed by atoms with van der Waals surface area (Å²) < 4.78 is 27.9. The maximum Gasteiger partial charge on any atom is 0.261 e. The van der Waals surface area contributed by atoms with Gasteiger partial charge in [-0.2, -0.15) is 0 Å². The Bertz CT molecular complexity index is 892. The quantitative estimate of drug-likeness (QED) is 0.887. The molecule has 0 unspecified atom stereocenters. The van der Waals surface area contributed by atoms with E-state index >= 15 is 0 Å². The molecule has 1 aliphatic heterocycles. The number of amides is 1. The molecule has 1 saturated heterocycles. The van der Waals surface area contributed by atoms with Crippen LogP contribution in [0, 0.1) is 6.92 Å². The van der Waals surface area contributed by atoms with Crippen LogP contribution in [0.5, 0.6) is 0 Å². The predicted molar refractivity (Wildman–Crippen MR) is 103 cm³/mol. The van der Waals surface area contributed by atoms with Crippen LogP contribution in [0.2, 0.25) is 0 Å². The first-order chi connectivity index (χ1) is 12.4. The fourth-order valence-electron chi connectivity index (χ4n) is 3.20. The van der Waals surface area contributed by atoms with E-state index in [9.17, 15) is 13.2 Å². The van der Waals surface area contributed by atoms with Crippen molar-refractivity contribution in [3.05, 3.63) is 59.7 Å². The van der Waals surface area contributed by atoms with Gasteiger partial charge in [-0.15, -0.1) is 0 Å². The van der Waals surface area contributed by atoms with Crippen molar-refractivity contribution < 1.29 is 13.2 Å². The van der Waals surface area contributed by atoms with E-state index in [4.69, 9.17) is 0 Å². The van der Waals surface area contributed by atoms with Crippen LogP contribution in [0.4, 0.5) is 5.69 Å². The summed E-state index contributed by atoms with van der Waals surface area (Å²) >= 11 is 0. The minimum Gasteiger partial charge on any atom is -0.336 e. The Morgan fingerprint density at radius 2 is 1.85 bits per heavy atom. The molecule has 1 atom stereocenters. The van der Waals surface area contributed by atoms with Gasteiger partial charge in [-0.05, 0) is 63.4 Å². The predicted octanol–water partition coefficient (Wildman–Crippen LogP) is 3.81. The van der Waals surface area contributed by atoms with Gasteiger partial charge in [0, 0.05) is 23.8 Å². The highest BCUT2D eigenvalue weighted by molar-refractivity contribution is 7.92. The molecule has 1 N–H and O–H groups in total. The molecule has 26 heavy (non-hydrogen) atoms. The minimum absolute atomic E-state index is 0.0913. The van der Waals surface area contributed by atoms with E-state index in [1.807, 2.05) is 30.9 Å². The van der Waals surface area contributed by atoms with E-state index in [1.54, 1.807) is 24.3 Å². The van der Waals surface area contributed by atoms with Gasteiger partial charge in [-0.25, -0.2) is 8.42 Å². The van der Waals surface area contributed by atoms with Crippen LogP contribution < -0.4 is 4.72 Å². The average molecular weight is 372 g/mol. The number of piperidine rings is 1. The summed E-state index contributed by atoms with van der Waals surface area (Å²) in [4.78, 5) is 14.7. The summed E-state index contributed by atoms with van der Waals surface area (Å²) in [7, 11) is -3.75. The molecule has 138 valence electrons. The molecule has 1 fully saturated rings. The topological polar surface area (TPSA) is 66.5 Å². The third-order valence-electron chi connectivity index (χ3n) is 4.76. The van der Waals surface area contributed by atoms with Crippen LogP contribution in [0.15, 0.2) is 53.4 Å². The second-order valence-electron chi connectivity index (χ2n) is 6.84. The van der Waals surface area contributed by atoms with Crippen molar-refractivity contribution in [2.45, 2.75) is 44.0 Å². The fraction of sp³-hybridized carbons (Fsp3) is 0.350. The maximum absolute atomic E-state index is 12.8. The van der Waals surface area contributed by atoms with Gasteiger partial charge >= 0.3 is 0 Å². The standard InChI is InChI=1S/C20H24N2O3S/c1-15-9-11-18(12-10-15)21-26(24,25)19-8-5-7-17(14-19)20(23)22-13-4-3-6-16(22)2/h5,7-12,14,16,21H,3-4,6,13H2,1-2H3/t16-/m1/s1. The molecular weight excluding hydrogens is 348 g/mol. The number of nitrogens with one attached hydrogen (secondary N) is 1. The Labute approximate surface area is 155 Å². The van der Waals surface area contributed by atoms with Crippen molar-refractivity contribution >= 4 is 21.6 Å². The first kappa shape index (κ1) is 18.5. The van der Waals surface area contributed by atoms with Gasteiger partial charge in [0.25, 0.3) is 15.9 Å². The lowest BCUT2D eigenvalue weighted by Crippen LogP contribution is -2.42. The van der Waals surface area contributed by atoms with Crippen molar-refractivity contribution in [1.82, 2.24) is 4.90 Å². The van der Waals surface area contributed by atoms with Gasteiger partial charge in [0.05, 0.1) is 4.90 Å². The van der Waals surface area contributed by atoms with E-state index in [0.717, 1.165) is 31.4 Å². The summed E-state index contributed by atoms with van der Waals surface area (Å²) in [5.74, 6) is -0.107. The molecule has 0 saturated carbocycles. The highest BCUT2D eigenvalue weighted by Crippen LogP contribution is 2.22. The Morgan fingerprint density at radius 3 is 2.54 bits per heavy atom. The molecule has 0 radical (unpaired) electrons. The van der Waals surface area contributed by atoms with Crippen LogP contribution >= 0.6 is 0 Å². The molecule has 5 nitrogen and oxygen atoms in total. The Morgan fingerprint density at radius 1 is 1.12 bits per heavy atom. The third kappa shape index (κ3) is 4.07. The van der Waals surface area contributed by atoms with Crippen molar-refractivity contribution in [1.29, 1.82) is 0 Å². The number of nitrogens with zero attached hydrogens (tertiary/aromatic N) is 1. The van der Waals surface area contributed by atoms with E-state index in [0.29, 0.717) is 11.3 Å². The van der Waals surface area contributed by atoms with E-state index in [2.05, 4.69) is 4.72 Å². The molecule has 0 bridgehead atoms. The van der Waals surface area contributed by atoms with E-state index in [1.165, 1.54) is 12.1 Å². The van der Waals surface area contributed by atoms with Crippen molar-refractivity contribution in [2.75, 3.05) is 11.3 Å². The molecule has 1 aliphatic rings. The Hall–Kier alpha value is -2.34. The third-order valence-corrected chi connectivity index (χ3v) is 6.14. The molecule has 1 heterocycles. The lowest BCUT2D eigenvalue weighted by Gasteiger charge is -2.33. The summed E-state index contributed by atoms with van der Waals surface area (Å²) in [5.41, 5.74) is 1.96. The molecule has 1 amide bonds. The zero-order valence-electron chi connectivity index (χ0n) is 15.1. The summed E-state index contributed by atoms with van der Waals surface area (Å²) in [5, 5.41) is 0. The van der Waals surface area contributed by atoms with Crippen LogP contribution in [-0.4, -0.2) is 31.8 Å². The highest BCUT2D eigenvalue weighted by atomic mass is 32.2. The van der Waals surface area contributed by atoms with Crippen LogP contribution in [0.25, 0.3) is 0 Å². The largest absolute Gasteiger partial charge is 0.336 e. The van der Waals surface area contributed by atoms with Gasteiger partial charge in [0.1, 0.15) is 0 Å². The fourth-order valence-corrected chi connectivity index (χ4v) is 4.30. The van der Waals surface area contributed by atoms with Crippen LogP contribution in [-0.2, 0) is 10.0 Å².